The second kappa shape index (κ2) is 12.0. The third kappa shape index (κ3) is 6.71. The monoisotopic (exact) mass is 479 g/mol. The number of methoxy groups -OCH3 is 1. The normalized spacial score (nSPS) is 20.5. The van der Waals surface area contributed by atoms with E-state index in [4.69, 9.17) is 14.2 Å². The summed E-state index contributed by atoms with van der Waals surface area (Å²) in [5.74, 6) is -0.442. The van der Waals surface area contributed by atoms with Crippen LogP contribution < -0.4 is 5.32 Å². The fourth-order valence-corrected chi connectivity index (χ4v) is 4.57. The fourth-order valence-electron chi connectivity index (χ4n) is 4.57. The van der Waals surface area contributed by atoms with E-state index in [1.54, 1.807) is 12.1 Å². The second-order valence-corrected chi connectivity index (χ2v) is 9.13. The molecule has 1 fully saturated rings. The molecule has 0 bridgehead atoms. The number of benzene rings is 2. The van der Waals surface area contributed by atoms with Gasteiger partial charge >= 0.3 is 5.97 Å². The summed E-state index contributed by atoms with van der Waals surface area (Å²) in [7, 11) is 1.36. The third-order valence-electron chi connectivity index (χ3n) is 6.62. The van der Waals surface area contributed by atoms with Crippen molar-refractivity contribution in [3.05, 3.63) is 82.6 Å². The molecule has 2 atom stereocenters. The van der Waals surface area contributed by atoms with Gasteiger partial charge in [-0.25, -0.2) is 4.79 Å². The maximum atomic E-state index is 13.1. The van der Waals surface area contributed by atoms with Gasteiger partial charge < -0.3 is 24.6 Å². The number of aliphatic hydroxyl groups excluding tert-OH is 1. The van der Waals surface area contributed by atoms with Crippen molar-refractivity contribution >= 4 is 11.9 Å². The number of ether oxygens (including phenoxy) is 3. The lowest BCUT2D eigenvalue weighted by Crippen LogP contribution is -2.39. The largest absolute Gasteiger partial charge is 0.465 e. The molecule has 1 heterocycles. The van der Waals surface area contributed by atoms with Crippen LogP contribution in [0.2, 0.25) is 0 Å². The summed E-state index contributed by atoms with van der Waals surface area (Å²) in [5.41, 5.74) is 3.22. The second-order valence-electron chi connectivity index (χ2n) is 9.13. The Balaban J connectivity index is 1.49. The number of aliphatic hydroxyl groups is 1. The van der Waals surface area contributed by atoms with Gasteiger partial charge in [0, 0.05) is 18.4 Å². The zero-order chi connectivity index (χ0) is 24.6. The molecule has 1 aliphatic heterocycles. The number of esters is 1. The lowest BCUT2D eigenvalue weighted by atomic mass is 9.92. The zero-order valence-electron chi connectivity index (χ0n) is 20.1. The Bertz CT molecular complexity index is 1020. The molecule has 0 saturated heterocycles. The van der Waals surface area contributed by atoms with E-state index in [2.05, 4.69) is 5.32 Å². The molecule has 2 aromatic carbocycles. The van der Waals surface area contributed by atoms with Crippen molar-refractivity contribution in [2.24, 2.45) is 0 Å². The predicted octanol–water partition coefficient (Wildman–Crippen LogP) is 4.35. The zero-order valence-corrected chi connectivity index (χ0v) is 20.1. The highest BCUT2D eigenvalue weighted by Crippen LogP contribution is 2.32. The number of carbonyl (C=O) groups is 2. The molecule has 1 aliphatic carbocycles. The first-order chi connectivity index (χ1) is 17.1. The Morgan fingerprint density at radius 1 is 1.00 bits per heavy atom. The summed E-state index contributed by atoms with van der Waals surface area (Å²) in [6.45, 7) is 0.315. The highest BCUT2D eigenvalue weighted by molar-refractivity contribution is 5.92. The lowest BCUT2D eigenvalue weighted by Gasteiger charge is -2.30. The molecule has 186 valence electrons. The van der Waals surface area contributed by atoms with E-state index in [-0.39, 0.29) is 36.2 Å². The minimum Gasteiger partial charge on any atom is -0.465 e. The van der Waals surface area contributed by atoms with E-state index < -0.39 is 6.29 Å². The van der Waals surface area contributed by atoms with Crippen LogP contribution in [-0.4, -0.2) is 36.4 Å². The summed E-state index contributed by atoms with van der Waals surface area (Å²) >= 11 is 0. The van der Waals surface area contributed by atoms with Crippen LogP contribution >= 0.6 is 0 Å². The van der Waals surface area contributed by atoms with E-state index in [0.717, 1.165) is 42.4 Å². The maximum absolute atomic E-state index is 13.1. The first-order valence-electron chi connectivity index (χ1n) is 12.2. The van der Waals surface area contributed by atoms with Crippen molar-refractivity contribution in [2.75, 3.05) is 7.11 Å². The van der Waals surface area contributed by atoms with Gasteiger partial charge in [-0.1, -0.05) is 55.7 Å². The molecular weight excluding hydrogens is 446 g/mol. The van der Waals surface area contributed by atoms with Gasteiger partial charge in [0.15, 0.2) is 5.76 Å². The van der Waals surface area contributed by atoms with Gasteiger partial charge in [-0.2, -0.15) is 0 Å². The van der Waals surface area contributed by atoms with Gasteiger partial charge in [0.1, 0.15) is 0 Å². The highest BCUT2D eigenvalue weighted by Gasteiger charge is 2.30. The van der Waals surface area contributed by atoms with Crippen LogP contribution in [-0.2, 0) is 32.2 Å². The maximum Gasteiger partial charge on any atom is 0.337 e. The minimum absolute atomic E-state index is 0.00637. The van der Waals surface area contributed by atoms with E-state index in [1.807, 2.05) is 42.5 Å². The first-order valence-corrected chi connectivity index (χ1v) is 12.2. The average Bonchev–Trinajstić information content (AvgIpc) is 2.92. The van der Waals surface area contributed by atoms with Crippen molar-refractivity contribution in [1.29, 1.82) is 0 Å². The molecule has 0 unspecified atom stereocenters. The summed E-state index contributed by atoms with van der Waals surface area (Å²) in [4.78, 5) is 24.9. The Labute approximate surface area is 206 Å². The minimum atomic E-state index is -0.602. The quantitative estimate of drug-likeness (QED) is 0.547. The number of carbonyl (C=O) groups excluding carboxylic acids is 2. The number of hydrogen-bond acceptors (Lipinski definition) is 6. The molecule has 2 N–H and O–H groups in total. The molecule has 0 spiro atoms. The fraction of sp³-hybridized carbons (Fsp3) is 0.429. The summed E-state index contributed by atoms with van der Waals surface area (Å²) in [6.07, 6.45) is 7.22. The van der Waals surface area contributed by atoms with Crippen molar-refractivity contribution < 1.29 is 28.9 Å². The highest BCUT2D eigenvalue weighted by atomic mass is 16.7. The molecule has 0 radical (unpaired) electrons. The molecule has 1 amide bonds. The molecular formula is C28H33NO6. The van der Waals surface area contributed by atoms with Gasteiger partial charge in [-0.3, -0.25) is 4.79 Å². The summed E-state index contributed by atoms with van der Waals surface area (Å²) in [6, 6.07) is 14.9. The summed E-state index contributed by atoms with van der Waals surface area (Å²) in [5, 5.41) is 12.4. The van der Waals surface area contributed by atoms with E-state index in [0.29, 0.717) is 18.6 Å². The number of hydrogen-bond donors (Lipinski definition) is 2. The molecule has 2 aliphatic rings. The van der Waals surface area contributed by atoms with Gasteiger partial charge in [-0.15, -0.1) is 0 Å². The Morgan fingerprint density at radius 3 is 2.34 bits per heavy atom. The van der Waals surface area contributed by atoms with Crippen LogP contribution in [0.15, 0.2) is 60.4 Å². The van der Waals surface area contributed by atoms with Crippen LogP contribution in [0.25, 0.3) is 0 Å². The van der Waals surface area contributed by atoms with Crippen molar-refractivity contribution in [1.82, 2.24) is 5.32 Å². The van der Waals surface area contributed by atoms with Crippen LogP contribution in [0.3, 0.4) is 0 Å². The molecule has 2 aromatic rings. The van der Waals surface area contributed by atoms with E-state index >= 15 is 0 Å². The standard InChI is InChI=1S/C28H33NO6/c1-33-28(32)22-13-11-21(12-14-22)23-15-25(27(31)29-24-5-3-2-4-6-24)35-26(16-23)34-18-20-9-7-19(17-30)8-10-20/h7-15,23-24,26,30H,2-6,16-18H2,1H3,(H,29,31)/t23-,26+/m1/s1. The smallest absolute Gasteiger partial charge is 0.337 e. The van der Waals surface area contributed by atoms with Crippen molar-refractivity contribution in [2.45, 2.75) is 70.0 Å². The number of allylic oxidation sites excluding steroid dienone is 1. The topological polar surface area (TPSA) is 94.1 Å². The molecule has 7 nitrogen and oxygen atoms in total. The van der Waals surface area contributed by atoms with Gasteiger partial charge in [0.25, 0.3) is 5.91 Å². The van der Waals surface area contributed by atoms with E-state index in [9.17, 15) is 14.7 Å². The molecule has 35 heavy (non-hydrogen) atoms. The van der Waals surface area contributed by atoms with Crippen molar-refractivity contribution in [3.63, 3.8) is 0 Å². The Kier molecular flexibility index (Phi) is 8.55. The van der Waals surface area contributed by atoms with Crippen LogP contribution in [0.1, 0.15) is 71.5 Å². The summed E-state index contributed by atoms with van der Waals surface area (Å²) < 4.78 is 16.9. The van der Waals surface area contributed by atoms with Gasteiger partial charge in [0.2, 0.25) is 6.29 Å². The van der Waals surface area contributed by atoms with Gasteiger partial charge in [-0.05, 0) is 47.7 Å². The lowest BCUT2D eigenvalue weighted by molar-refractivity contribution is -0.150. The van der Waals surface area contributed by atoms with Crippen LogP contribution in [0.4, 0.5) is 0 Å². The molecule has 1 saturated carbocycles. The molecule has 7 heteroatoms. The Morgan fingerprint density at radius 2 is 1.69 bits per heavy atom. The van der Waals surface area contributed by atoms with Crippen LogP contribution in [0.5, 0.6) is 0 Å². The van der Waals surface area contributed by atoms with E-state index in [1.165, 1.54) is 13.5 Å². The number of nitrogens with one attached hydrogen (secondary N) is 1. The number of amides is 1. The first kappa shape index (κ1) is 24.9. The third-order valence-corrected chi connectivity index (χ3v) is 6.62. The molecule has 0 aromatic heterocycles. The SMILES string of the molecule is COC(=O)c1ccc([C@@H]2C=C(C(=O)NC3CCCCC3)O[C@H](OCc3ccc(CO)cc3)C2)cc1. The van der Waals surface area contributed by atoms with Crippen molar-refractivity contribution in [3.8, 4) is 0 Å². The van der Waals surface area contributed by atoms with Crippen LogP contribution in [0, 0.1) is 0 Å². The molecule has 4 rings (SSSR count). The van der Waals surface area contributed by atoms with Gasteiger partial charge in [0.05, 0.1) is 25.9 Å². The average molecular weight is 480 g/mol. The Hall–Kier alpha value is -3.16. The predicted molar refractivity (Wildman–Crippen MR) is 130 cm³/mol. The number of rotatable bonds is 8.